The molecule has 1 amide bonds. The minimum Gasteiger partial charge on any atom is -0.324 e. The molecule has 3 aromatic rings. The summed E-state index contributed by atoms with van der Waals surface area (Å²) in [5.41, 5.74) is 2.31. The number of rotatable bonds is 4. The van der Waals surface area contributed by atoms with Gasteiger partial charge in [0.2, 0.25) is 11.9 Å². The van der Waals surface area contributed by atoms with Crippen LogP contribution in [0.5, 0.6) is 0 Å². The summed E-state index contributed by atoms with van der Waals surface area (Å²) in [6.07, 6.45) is 7.19. The monoisotopic (exact) mass is 391 g/mol. The summed E-state index contributed by atoms with van der Waals surface area (Å²) in [4.78, 5) is 27.4. The molecule has 3 heterocycles. The van der Waals surface area contributed by atoms with E-state index in [0.29, 0.717) is 29.4 Å². The number of benzene rings is 1. The van der Waals surface area contributed by atoms with E-state index >= 15 is 0 Å². The highest BCUT2D eigenvalue weighted by atomic mass is 19.1. The summed E-state index contributed by atoms with van der Waals surface area (Å²) in [6.45, 7) is 1.92. The van der Waals surface area contributed by atoms with E-state index in [1.807, 2.05) is 24.0 Å². The summed E-state index contributed by atoms with van der Waals surface area (Å²) >= 11 is 0. The van der Waals surface area contributed by atoms with Gasteiger partial charge in [0, 0.05) is 17.3 Å². The Hall–Kier alpha value is -3.49. The van der Waals surface area contributed by atoms with Crippen LogP contribution in [0, 0.1) is 18.7 Å². The molecule has 1 aliphatic heterocycles. The minimum absolute atomic E-state index is 0.112. The topological polar surface area (TPSA) is 96.8 Å². The molecule has 3 atom stereocenters. The van der Waals surface area contributed by atoms with E-state index in [1.165, 1.54) is 6.20 Å². The zero-order valence-electron chi connectivity index (χ0n) is 15.7. The van der Waals surface area contributed by atoms with Gasteiger partial charge in [-0.15, -0.1) is 5.10 Å². The molecule has 9 heteroatoms. The second-order valence-corrected chi connectivity index (χ2v) is 7.41. The van der Waals surface area contributed by atoms with Gasteiger partial charge in [0.15, 0.2) is 11.6 Å². The van der Waals surface area contributed by atoms with Crippen LogP contribution in [-0.2, 0) is 4.79 Å². The van der Waals surface area contributed by atoms with Gasteiger partial charge in [-0.2, -0.15) is 5.10 Å². The smallest absolute Gasteiger partial charge is 0.247 e. The lowest BCUT2D eigenvalue weighted by Crippen LogP contribution is -2.43. The highest BCUT2D eigenvalue weighted by Gasteiger charge is 2.55. The number of hydrogen-bond acceptors (Lipinski definition) is 7. The van der Waals surface area contributed by atoms with Crippen molar-refractivity contribution in [2.75, 3.05) is 10.2 Å². The van der Waals surface area contributed by atoms with Gasteiger partial charge < -0.3 is 10.2 Å². The Labute approximate surface area is 166 Å². The molecule has 0 spiro atoms. The summed E-state index contributed by atoms with van der Waals surface area (Å²) in [5, 5.41) is 11.0. The normalized spacial score (nSPS) is 22.3. The Morgan fingerprint density at radius 1 is 1.17 bits per heavy atom. The number of nitrogens with one attached hydrogen (secondary N) is 1. The molecule has 1 aromatic carbocycles. The fourth-order valence-corrected chi connectivity index (χ4v) is 3.95. The van der Waals surface area contributed by atoms with Crippen LogP contribution in [0.3, 0.4) is 0 Å². The second-order valence-electron chi connectivity index (χ2n) is 7.41. The summed E-state index contributed by atoms with van der Waals surface area (Å²) < 4.78 is 13.1. The lowest BCUT2D eigenvalue weighted by molar-refractivity contribution is -0.117. The average Bonchev–Trinajstić information content (AvgIpc) is 3.40. The van der Waals surface area contributed by atoms with Crippen molar-refractivity contribution < 1.29 is 9.18 Å². The van der Waals surface area contributed by atoms with E-state index in [0.717, 1.165) is 36.4 Å². The third kappa shape index (κ3) is 3.28. The molecule has 8 nitrogen and oxygen atoms in total. The van der Waals surface area contributed by atoms with Gasteiger partial charge in [0.25, 0.3) is 0 Å². The molecule has 0 bridgehead atoms. The van der Waals surface area contributed by atoms with E-state index in [-0.39, 0.29) is 11.9 Å². The number of aryl methyl sites for hydroxylation is 1. The maximum atomic E-state index is 13.1. The first-order valence-corrected chi connectivity index (χ1v) is 9.41. The Bertz CT molecular complexity index is 1060. The Morgan fingerprint density at radius 3 is 2.76 bits per heavy atom. The maximum Gasteiger partial charge on any atom is 0.247 e. The lowest BCUT2D eigenvalue weighted by atomic mass is 10.1. The Morgan fingerprint density at radius 2 is 2.00 bits per heavy atom. The average molecular weight is 391 g/mol. The number of piperidine rings is 1. The second kappa shape index (κ2) is 6.84. The number of halogens is 1. The van der Waals surface area contributed by atoms with E-state index in [1.54, 1.807) is 12.3 Å². The van der Waals surface area contributed by atoms with Crippen molar-refractivity contribution in [3.63, 3.8) is 0 Å². The van der Waals surface area contributed by atoms with Crippen LogP contribution in [-0.4, -0.2) is 43.1 Å². The lowest BCUT2D eigenvalue weighted by Gasteiger charge is -2.26. The molecule has 2 fully saturated rings. The van der Waals surface area contributed by atoms with E-state index in [4.69, 9.17) is 0 Å². The van der Waals surface area contributed by atoms with Crippen LogP contribution in [0.2, 0.25) is 0 Å². The van der Waals surface area contributed by atoms with Crippen molar-refractivity contribution in [3.8, 4) is 11.4 Å². The number of carbonyl (C=O) groups excluding carboxylic acids is 1. The van der Waals surface area contributed by atoms with Gasteiger partial charge in [-0.25, -0.2) is 19.3 Å². The third-order valence-corrected chi connectivity index (χ3v) is 5.47. The van der Waals surface area contributed by atoms with E-state index in [9.17, 15) is 9.18 Å². The number of fused-ring (bicyclic) bond motifs is 1. The summed E-state index contributed by atoms with van der Waals surface area (Å²) in [7, 11) is 0. The van der Waals surface area contributed by atoms with Crippen molar-refractivity contribution in [2.45, 2.75) is 31.8 Å². The Kier molecular flexibility index (Phi) is 4.15. The van der Waals surface area contributed by atoms with Gasteiger partial charge in [0.1, 0.15) is 6.04 Å². The van der Waals surface area contributed by atoms with Crippen molar-refractivity contribution in [1.29, 1.82) is 0 Å². The molecular weight excluding hydrogens is 373 g/mol. The number of hydrogen-bond donors (Lipinski definition) is 1. The highest BCUT2D eigenvalue weighted by molar-refractivity contribution is 5.98. The summed E-state index contributed by atoms with van der Waals surface area (Å²) in [6, 6.07) is 5.49. The van der Waals surface area contributed by atoms with Gasteiger partial charge in [-0.3, -0.25) is 4.79 Å². The fourth-order valence-electron chi connectivity index (χ4n) is 3.95. The van der Waals surface area contributed by atoms with Crippen molar-refractivity contribution in [3.05, 3.63) is 54.4 Å². The van der Waals surface area contributed by atoms with Crippen LogP contribution < -0.4 is 10.2 Å². The molecule has 1 saturated carbocycles. The minimum atomic E-state index is -0.492. The first-order chi connectivity index (χ1) is 14.1. The fraction of sp³-hybridized carbons (Fsp3) is 0.300. The van der Waals surface area contributed by atoms with Crippen LogP contribution in [0.4, 0.5) is 16.0 Å². The predicted molar refractivity (Wildman–Crippen MR) is 103 cm³/mol. The first kappa shape index (κ1) is 17.6. The van der Waals surface area contributed by atoms with Gasteiger partial charge in [-0.1, -0.05) is 6.07 Å². The molecule has 0 radical (unpaired) electrons. The molecule has 5 rings (SSSR count). The van der Waals surface area contributed by atoms with Gasteiger partial charge in [-0.05, 0) is 43.4 Å². The summed E-state index contributed by atoms with van der Waals surface area (Å²) in [5.74, 6) is 0.790. The highest BCUT2D eigenvalue weighted by Crippen LogP contribution is 2.49. The number of aromatic nitrogens is 5. The molecule has 146 valence electrons. The van der Waals surface area contributed by atoms with E-state index in [2.05, 4.69) is 30.5 Å². The number of amides is 1. The molecule has 1 saturated heterocycles. The van der Waals surface area contributed by atoms with Crippen LogP contribution in [0.1, 0.15) is 18.4 Å². The standard InChI is InChI=1S/C20H18FN7O/c1-11-2-3-14(8-15(11)18-23-9-13(21)10-24-18)26-19(29)17-7-12-6-16(12)28(17)20-22-4-5-25-27-20/h2-5,8-10,12,16-17H,6-7H2,1H3,(H,26,29)/t12-,16-,17-/m1/s1. The SMILES string of the molecule is Cc1ccc(NC(=O)[C@H]2C[C@H]3C[C@H]3N2c2nccnn2)cc1-c1ncc(F)cn1. The first-order valence-electron chi connectivity index (χ1n) is 9.41. The molecule has 1 aliphatic carbocycles. The molecule has 2 aliphatic rings. The van der Waals surface area contributed by atoms with E-state index < -0.39 is 5.82 Å². The van der Waals surface area contributed by atoms with Crippen LogP contribution in [0.25, 0.3) is 11.4 Å². The van der Waals surface area contributed by atoms with Crippen LogP contribution >= 0.6 is 0 Å². The quantitative estimate of drug-likeness (QED) is 0.729. The van der Waals surface area contributed by atoms with Crippen molar-refractivity contribution in [2.24, 2.45) is 5.92 Å². The number of anilines is 2. The van der Waals surface area contributed by atoms with Crippen LogP contribution in [0.15, 0.2) is 43.0 Å². The van der Waals surface area contributed by atoms with Crippen molar-refractivity contribution in [1.82, 2.24) is 25.1 Å². The van der Waals surface area contributed by atoms with Crippen molar-refractivity contribution >= 4 is 17.5 Å². The zero-order valence-corrected chi connectivity index (χ0v) is 15.7. The predicted octanol–water partition coefficient (Wildman–Crippen LogP) is 2.38. The molecule has 29 heavy (non-hydrogen) atoms. The number of nitrogens with zero attached hydrogens (tertiary/aromatic N) is 6. The number of carbonyl (C=O) groups is 1. The molecular formula is C20H18FN7O. The van der Waals surface area contributed by atoms with Gasteiger partial charge >= 0.3 is 0 Å². The zero-order chi connectivity index (χ0) is 20.0. The maximum absolute atomic E-state index is 13.1. The largest absolute Gasteiger partial charge is 0.324 e. The molecule has 1 N–H and O–H groups in total. The molecule has 0 unspecified atom stereocenters. The Balaban J connectivity index is 1.38. The molecule has 2 aromatic heterocycles. The third-order valence-electron chi connectivity index (χ3n) is 5.47. The van der Waals surface area contributed by atoms with Gasteiger partial charge in [0.05, 0.1) is 24.8 Å².